The lowest BCUT2D eigenvalue weighted by molar-refractivity contribution is -0.141. The van der Waals surface area contributed by atoms with Crippen LogP contribution in [0.2, 0.25) is 0 Å². The molecule has 1 N–H and O–H groups in total. The Labute approximate surface area is 174 Å². The van der Waals surface area contributed by atoms with Gasteiger partial charge < -0.3 is 5.32 Å². The number of nitrogens with zero attached hydrogens (tertiary/aromatic N) is 4. The van der Waals surface area contributed by atoms with Gasteiger partial charge in [0.05, 0.1) is 22.8 Å². The predicted octanol–water partition coefficient (Wildman–Crippen LogP) is 4.23. The Balaban J connectivity index is 1.42. The zero-order valence-electron chi connectivity index (χ0n) is 16.1. The number of aromatic nitrogens is 4. The fraction of sp³-hybridized carbons (Fsp3) is 0.182. The standard InChI is InChI=1S/C22H16F3N5O/c23-22(24,25)20-9-13(5-7-26-20)19-10-17-14(11-27-19)3-4-18(17)29-21(31)15-8-16-2-1-6-28-30(16)12-15/h1-2,5-12,18H,3-4H2,(H,29,31)/t18-/m0/s1. The van der Waals surface area contributed by atoms with E-state index < -0.39 is 11.9 Å². The molecule has 9 heteroatoms. The van der Waals surface area contributed by atoms with E-state index in [1.165, 1.54) is 6.07 Å². The van der Waals surface area contributed by atoms with Gasteiger partial charge in [0.25, 0.3) is 5.91 Å². The summed E-state index contributed by atoms with van der Waals surface area (Å²) in [5.41, 5.74) is 2.91. The zero-order chi connectivity index (χ0) is 21.6. The van der Waals surface area contributed by atoms with Crippen LogP contribution in [0.4, 0.5) is 13.2 Å². The summed E-state index contributed by atoms with van der Waals surface area (Å²) in [7, 11) is 0. The van der Waals surface area contributed by atoms with Gasteiger partial charge >= 0.3 is 6.18 Å². The van der Waals surface area contributed by atoms with Crippen LogP contribution in [0.1, 0.15) is 39.6 Å². The van der Waals surface area contributed by atoms with Gasteiger partial charge in [0.2, 0.25) is 0 Å². The fourth-order valence-corrected chi connectivity index (χ4v) is 3.85. The number of hydrogen-bond donors (Lipinski definition) is 1. The lowest BCUT2D eigenvalue weighted by Gasteiger charge is -2.15. The Hall–Kier alpha value is -3.75. The molecule has 1 amide bonds. The van der Waals surface area contributed by atoms with E-state index in [9.17, 15) is 18.0 Å². The van der Waals surface area contributed by atoms with Crippen LogP contribution in [-0.2, 0) is 12.6 Å². The fourth-order valence-electron chi connectivity index (χ4n) is 3.85. The van der Waals surface area contributed by atoms with Gasteiger partial charge in [-0.3, -0.25) is 14.8 Å². The molecule has 4 aromatic heterocycles. The van der Waals surface area contributed by atoms with E-state index in [1.807, 2.05) is 6.07 Å². The molecule has 0 aliphatic heterocycles. The highest BCUT2D eigenvalue weighted by Crippen LogP contribution is 2.35. The van der Waals surface area contributed by atoms with Gasteiger partial charge in [-0.2, -0.15) is 18.3 Å². The summed E-state index contributed by atoms with van der Waals surface area (Å²) < 4.78 is 40.7. The van der Waals surface area contributed by atoms with Crippen molar-refractivity contribution >= 4 is 11.4 Å². The van der Waals surface area contributed by atoms with Crippen molar-refractivity contribution in [3.05, 3.63) is 83.6 Å². The Bertz CT molecular complexity index is 1260. The number of carbonyl (C=O) groups is 1. The quantitative estimate of drug-likeness (QED) is 0.535. The largest absolute Gasteiger partial charge is 0.433 e. The van der Waals surface area contributed by atoms with Crippen molar-refractivity contribution < 1.29 is 18.0 Å². The molecule has 1 aliphatic rings. The lowest BCUT2D eigenvalue weighted by Crippen LogP contribution is -2.26. The van der Waals surface area contributed by atoms with E-state index in [2.05, 4.69) is 20.4 Å². The molecule has 4 heterocycles. The van der Waals surface area contributed by atoms with Crippen LogP contribution in [0.25, 0.3) is 16.8 Å². The van der Waals surface area contributed by atoms with Gasteiger partial charge in [0.15, 0.2) is 0 Å². The molecular weight excluding hydrogens is 407 g/mol. The van der Waals surface area contributed by atoms with Gasteiger partial charge in [-0.1, -0.05) is 0 Å². The number of alkyl halides is 3. The molecule has 0 bridgehead atoms. The average Bonchev–Trinajstić information content (AvgIpc) is 3.37. The maximum Gasteiger partial charge on any atom is 0.433 e. The van der Waals surface area contributed by atoms with Crippen molar-refractivity contribution in [3.63, 3.8) is 0 Å². The van der Waals surface area contributed by atoms with Gasteiger partial charge in [0, 0.05) is 30.4 Å². The summed E-state index contributed by atoms with van der Waals surface area (Å²) in [6.45, 7) is 0. The summed E-state index contributed by atoms with van der Waals surface area (Å²) in [4.78, 5) is 20.5. The van der Waals surface area contributed by atoms with Gasteiger partial charge in [-0.05, 0) is 60.4 Å². The predicted molar refractivity (Wildman–Crippen MR) is 106 cm³/mol. The van der Waals surface area contributed by atoms with Crippen molar-refractivity contribution in [1.29, 1.82) is 0 Å². The molecule has 6 nitrogen and oxygen atoms in total. The Morgan fingerprint density at radius 3 is 2.81 bits per heavy atom. The number of amides is 1. The molecule has 0 unspecified atom stereocenters. The minimum absolute atomic E-state index is 0.231. The third-order valence-electron chi connectivity index (χ3n) is 5.39. The highest BCUT2D eigenvalue weighted by Gasteiger charge is 2.33. The summed E-state index contributed by atoms with van der Waals surface area (Å²) in [6, 6.07) is 9.39. The molecule has 1 atom stereocenters. The van der Waals surface area contributed by atoms with E-state index in [1.54, 1.807) is 41.3 Å². The number of nitrogens with one attached hydrogen (secondary N) is 1. The second-order valence-electron chi connectivity index (χ2n) is 7.38. The van der Waals surface area contributed by atoms with E-state index in [0.29, 0.717) is 23.2 Å². The van der Waals surface area contributed by atoms with Crippen molar-refractivity contribution in [1.82, 2.24) is 24.9 Å². The molecule has 0 saturated heterocycles. The zero-order valence-corrected chi connectivity index (χ0v) is 16.1. The van der Waals surface area contributed by atoms with Crippen molar-refractivity contribution in [2.24, 2.45) is 0 Å². The topological polar surface area (TPSA) is 72.2 Å². The van der Waals surface area contributed by atoms with Gasteiger partial charge in [-0.15, -0.1) is 0 Å². The molecule has 0 aromatic carbocycles. The first-order chi connectivity index (χ1) is 14.9. The molecule has 4 aromatic rings. The number of halogens is 3. The first-order valence-corrected chi connectivity index (χ1v) is 9.65. The molecule has 1 aliphatic carbocycles. The second-order valence-corrected chi connectivity index (χ2v) is 7.38. The van der Waals surface area contributed by atoms with Gasteiger partial charge in [0.1, 0.15) is 5.69 Å². The SMILES string of the molecule is O=C(N[C@H]1CCc2cnc(-c3ccnc(C(F)(F)F)c3)cc21)c1cc2cccnn2c1. The van der Waals surface area contributed by atoms with Crippen LogP contribution < -0.4 is 5.32 Å². The van der Waals surface area contributed by atoms with E-state index >= 15 is 0 Å². The van der Waals surface area contributed by atoms with Crippen molar-refractivity contribution in [3.8, 4) is 11.3 Å². The third-order valence-corrected chi connectivity index (χ3v) is 5.39. The molecule has 156 valence electrons. The second kappa shape index (κ2) is 7.19. The minimum atomic E-state index is -4.53. The molecule has 0 fully saturated rings. The third kappa shape index (κ3) is 3.63. The first-order valence-electron chi connectivity index (χ1n) is 9.65. The molecule has 5 rings (SSSR count). The highest BCUT2D eigenvalue weighted by molar-refractivity contribution is 5.95. The lowest BCUT2D eigenvalue weighted by atomic mass is 10.0. The summed E-state index contributed by atoms with van der Waals surface area (Å²) >= 11 is 0. The molecule has 0 saturated carbocycles. The number of fused-ring (bicyclic) bond motifs is 2. The number of rotatable bonds is 3. The van der Waals surface area contributed by atoms with E-state index in [0.717, 1.165) is 35.3 Å². The average molecular weight is 423 g/mol. The normalized spacial score (nSPS) is 15.8. The number of carbonyl (C=O) groups excluding carboxylic acids is 1. The maximum atomic E-state index is 13.0. The Morgan fingerprint density at radius 1 is 1.13 bits per heavy atom. The summed E-state index contributed by atoms with van der Waals surface area (Å²) in [5.74, 6) is -0.231. The van der Waals surface area contributed by atoms with Crippen molar-refractivity contribution in [2.75, 3.05) is 0 Å². The smallest absolute Gasteiger partial charge is 0.345 e. The van der Waals surface area contributed by atoms with E-state index in [-0.39, 0.29) is 11.9 Å². The van der Waals surface area contributed by atoms with Crippen LogP contribution in [0.3, 0.4) is 0 Å². The summed E-state index contributed by atoms with van der Waals surface area (Å²) in [5, 5.41) is 7.19. The Kier molecular flexibility index (Phi) is 4.46. The van der Waals surface area contributed by atoms with Crippen LogP contribution >= 0.6 is 0 Å². The highest BCUT2D eigenvalue weighted by atomic mass is 19.4. The number of pyridine rings is 2. The maximum absolute atomic E-state index is 13.0. The van der Waals surface area contributed by atoms with Crippen LogP contribution in [0.15, 0.2) is 61.2 Å². The molecule has 0 spiro atoms. The first kappa shape index (κ1) is 19.2. The van der Waals surface area contributed by atoms with Crippen molar-refractivity contribution in [2.45, 2.75) is 25.1 Å². The van der Waals surface area contributed by atoms with Crippen LogP contribution in [0, 0.1) is 0 Å². The Morgan fingerprint density at radius 2 is 2.00 bits per heavy atom. The number of aryl methyl sites for hydroxylation is 1. The summed E-state index contributed by atoms with van der Waals surface area (Å²) in [6.07, 6.45) is 2.99. The minimum Gasteiger partial charge on any atom is -0.345 e. The molecular formula is C22H16F3N5O. The van der Waals surface area contributed by atoms with E-state index in [4.69, 9.17) is 0 Å². The molecule has 0 radical (unpaired) electrons. The van der Waals surface area contributed by atoms with Crippen LogP contribution in [0.5, 0.6) is 0 Å². The van der Waals surface area contributed by atoms with Gasteiger partial charge in [-0.25, -0.2) is 4.52 Å². The monoisotopic (exact) mass is 423 g/mol. The van der Waals surface area contributed by atoms with Crippen LogP contribution in [-0.4, -0.2) is 25.5 Å². The number of hydrogen-bond acceptors (Lipinski definition) is 4. The molecule has 31 heavy (non-hydrogen) atoms.